The summed E-state index contributed by atoms with van der Waals surface area (Å²) in [4.78, 5) is 2.19. The Hall–Kier alpha value is 0.210. The molecule has 68 valence electrons. The first-order valence-electron chi connectivity index (χ1n) is 4.05. The van der Waals surface area contributed by atoms with Crippen molar-refractivity contribution in [2.24, 2.45) is 0 Å². The van der Waals surface area contributed by atoms with E-state index in [1.54, 1.807) is 0 Å². The molecule has 2 nitrogen and oxygen atoms in total. The van der Waals surface area contributed by atoms with Crippen molar-refractivity contribution < 1.29 is 4.74 Å². The number of hydrogen-bond donors (Lipinski definition) is 0. The monoisotopic (exact) mass is 179 g/mol. The third-order valence-corrected chi connectivity index (χ3v) is 1.84. The molecule has 1 rings (SSSR count). The first-order chi connectivity index (χ1) is 4.79. The summed E-state index contributed by atoms with van der Waals surface area (Å²) in [6.45, 7) is 2.05. The lowest BCUT2D eigenvalue weighted by atomic mass is 10.1. The lowest BCUT2D eigenvalue weighted by Crippen LogP contribution is -2.30. The van der Waals surface area contributed by atoms with Crippen molar-refractivity contribution >= 4 is 12.4 Å². The molecule has 1 heterocycles. The molecule has 0 saturated carbocycles. The maximum Gasteiger partial charge on any atom is 0.0701 e. The summed E-state index contributed by atoms with van der Waals surface area (Å²) in [6.07, 6.45) is 4.35. The van der Waals surface area contributed by atoms with Gasteiger partial charge in [-0.3, -0.25) is 0 Å². The molecule has 3 heteroatoms. The minimum atomic E-state index is 0. The normalized spacial score (nSPS) is 24.8. The summed E-state index contributed by atoms with van der Waals surface area (Å²) < 4.78 is 5.55. The molecule has 1 fully saturated rings. The largest absolute Gasteiger partial charge is 0.377 e. The molecule has 1 aliphatic heterocycles. The second kappa shape index (κ2) is 5.81. The van der Waals surface area contributed by atoms with Crippen LogP contribution < -0.4 is 0 Å². The molecule has 11 heavy (non-hydrogen) atoms. The van der Waals surface area contributed by atoms with E-state index in [2.05, 4.69) is 19.0 Å². The van der Waals surface area contributed by atoms with Crippen LogP contribution in [0.4, 0.5) is 0 Å². The van der Waals surface area contributed by atoms with Crippen LogP contribution in [-0.2, 0) is 4.74 Å². The molecule has 0 spiro atoms. The lowest BCUT2D eigenvalue weighted by molar-refractivity contribution is 0.00219. The highest BCUT2D eigenvalue weighted by Crippen LogP contribution is 2.12. The van der Waals surface area contributed by atoms with Crippen molar-refractivity contribution in [1.82, 2.24) is 4.90 Å². The molecule has 0 aliphatic carbocycles. The lowest BCUT2D eigenvalue weighted by Gasteiger charge is -2.25. The van der Waals surface area contributed by atoms with Crippen LogP contribution in [0.3, 0.4) is 0 Å². The van der Waals surface area contributed by atoms with E-state index in [4.69, 9.17) is 4.74 Å². The molecule has 0 aromatic heterocycles. The van der Waals surface area contributed by atoms with Gasteiger partial charge in [-0.05, 0) is 33.4 Å². The summed E-state index contributed by atoms with van der Waals surface area (Å²) in [5.74, 6) is 0. The van der Waals surface area contributed by atoms with Gasteiger partial charge in [0, 0.05) is 13.2 Å². The van der Waals surface area contributed by atoms with Crippen molar-refractivity contribution in [3.8, 4) is 0 Å². The van der Waals surface area contributed by atoms with E-state index in [0.717, 1.165) is 13.2 Å². The van der Waals surface area contributed by atoms with Crippen LogP contribution in [0.15, 0.2) is 0 Å². The summed E-state index contributed by atoms with van der Waals surface area (Å²) >= 11 is 0. The standard InChI is InChI=1S/C8H17NO.ClH/c1-9(2)7-8-5-3-4-6-10-8;/h8H,3-7H2,1-2H3;1H/t8-;/m0./s1. The number of rotatable bonds is 2. The fourth-order valence-electron chi connectivity index (χ4n) is 1.36. The van der Waals surface area contributed by atoms with Gasteiger partial charge in [0.2, 0.25) is 0 Å². The van der Waals surface area contributed by atoms with Gasteiger partial charge in [-0.2, -0.15) is 0 Å². The maximum atomic E-state index is 5.55. The van der Waals surface area contributed by atoms with Crippen molar-refractivity contribution in [2.45, 2.75) is 25.4 Å². The summed E-state index contributed by atoms with van der Waals surface area (Å²) in [5.41, 5.74) is 0. The Bertz CT molecular complexity index is 92.1. The van der Waals surface area contributed by atoms with E-state index in [9.17, 15) is 0 Å². The highest BCUT2D eigenvalue weighted by Gasteiger charge is 2.13. The molecule has 0 bridgehead atoms. The van der Waals surface area contributed by atoms with Crippen LogP contribution in [0.5, 0.6) is 0 Å². The van der Waals surface area contributed by atoms with E-state index in [-0.39, 0.29) is 12.4 Å². The predicted octanol–water partition coefficient (Wildman–Crippen LogP) is 1.54. The molecular weight excluding hydrogens is 162 g/mol. The van der Waals surface area contributed by atoms with E-state index < -0.39 is 0 Å². The Labute approximate surface area is 75.3 Å². The van der Waals surface area contributed by atoms with Gasteiger partial charge in [0.25, 0.3) is 0 Å². The van der Waals surface area contributed by atoms with Crippen molar-refractivity contribution in [3.63, 3.8) is 0 Å². The summed E-state index contributed by atoms with van der Waals surface area (Å²) in [7, 11) is 4.19. The zero-order valence-corrected chi connectivity index (χ0v) is 8.19. The fourth-order valence-corrected chi connectivity index (χ4v) is 1.36. The van der Waals surface area contributed by atoms with Crippen molar-refractivity contribution in [3.05, 3.63) is 0 Å². The van der Waals surface area contributed by atoms with Crippen LogP contribution >= 0.6 is 12.4 Å². The van der Waals surface area contributed by atoms with Gasteiger partial charge >= 0.3 is 0 Å². The van der Waals surface area contributed by atoms with Gasteiger partial charge in [0.1, 0.15) is 0 Å². The Kier molecular flexibility index (Phi) is 5.92. The maximum absolute atomic E-state index is 5.55. The SMILES string of the molecule is CN(C)C[C@@H]1CCCCO1.Cl. The van der Waals surface area contributed by atoms with Gasteiger partial charge in [0.05, 0.1) is 6.10 Å². The highest BCUT2D eigenvalue weighted by molar-refractivity contribution is 5.85. The number of halogens is 1. The van der Waals surface area contributed by atoms with E-state index in [0.29, 0.717) is 6.10 Å². The molecule has 0 unspecified atom stereocenters. The molecule has 0 amide bonds. The first-order valence-corrected chi connectivity index (χ1v) is 4.05. The minimum absolute atomic E-state index is 0. The molecule has 0 aromatic carbocycles. The number of likely N-dealkylation sites (N-methyl/N-ethyl adjacent to an activating group) is 1. The molecule has 0 radical (unpaired) electrons. The molecule has 0 aromatic rings. The summed E-state index contributed by atoms with van der Waals surface area (Å²) in [6, 6.07) is 0. The number of ether oxygens (including phenoxy) is 1. The quantitative estimate of drug-likeness (QED) is 0.638. The number of nitrogens with zero attached hydrogens (tertiary/aromatic N) is 1. The zero-order chi connectivity index (χ0) is 7.40. The second-order valence-electron chi connectivity index (χ2n) is 3.25. The Morgan fingerprint density at radius 2 is 2.09 bits per heavy atom. The van der Waals surface area contributed by atoms with Crippen molar-refractivity contribution in [1.29, 1.82) is 0 Å². The van der Waals surface area contributed by atoms with Crippen molar-refractivity contribution in [2.75, 3.05) is 27.2 Å². The average Bonchev–Trinajstić information content (AvgIpc) is 1.88. The fraction of sp³-hybridized carbons (Fsp3) is 1.00. The van der Waals surface area contributed by atoms with E-state index >= 15 is 0 Å². The van der Waals surface area contributed by atoms with Crippen LogP contribution in [0.2, 0.25) is 0 Å². The summed E-state index contributed by atoms with van der Waals surface area (Å²) in [5, 5.41) is 0. The first kappa shape index (κ1) is 11.2. The Balaban J connectivity index is 0.000001000. The predicted molar refractivity (Wildman–Crippen MR) is 49.4 cm³/mol. The number of hydrogen-bond acceptors (Lipinski definition) is 2. The average molecular weight is 180 g/mol. The second-order valence-corrected chi connectivity index (χ2v) is 3.25. The Morgan fingerprint density at radius 3 is 2.55 bits per heavy atom. The topological polar surface area (TPSA) is 12.5 Å². The molecule has 1 aliphatic rings. The minimum Gasteiger partial charge on any atom is -0.377 e. The Morgan fingerprint density at radius 1 is 1.36 bits per heavy atom. The van der Waals surface area contributed by atoms with Crippen LogP contribution in [-0.4, -0.2) is 38.3 Å². The third kappa shape index (κ3) is 4.62. The van der Waals surface area contributed by atoms with E-state index in [1.165, 1.54) is 19.3 Å². The van der Waals surface area contributed by atoms with Crippen LogP contribution in [0.25, 0.3) is 0 Å². The third-order valence-electron chi connectivity index (χ3n) is 1.84. The molecule has 0 N–H and O–H groups in total. The van der Waals surface area contributed by atoms with Gasteiger partial charge in [0.15, 0.2) is 0 Å². The zero-order valence-electron chi connectivity index (χ0n) is 7.38. The molecule has 1 atom stereocenters. The highest BCUT2D eigenvalue weighted by atomic mass is 35.5. The van der Waals surface area contributed by atoms with Gasteiger partial charge in [-0.25, -0.2) is 0 Å². The van der Waals surface area contributed by atoms with Gasteiger partial charge in [-0.1, -0.05) is 0 Å². The van der Waals surface area contributed by atoms with Crippen LogP contribution in [0.1, 0.15) is 19.3 Å². The smallest absolute Gasteiger partial charge is 0.0701 e. The van der Waals surface area contributed by atoms with Gasteiger partial charge in [-0.15, -0.1) is 12.4 Å². The van der Waals surface area contributed by atoms with E-state index in [1.807, 2.05) is 0 Å². The van der Waals surface area contributed by atoms with Crippen LogP contribution in [0, 0.1) is 0 Å². The molecular formula is C8H18ClNO. The van der Waals surface area contributed by atoms with Gasteiger partial charge < -0.3 is 9.64 Å². The molecule has 1 saturated heterocycles.